The van der Waals surface area contributed by atoms with Gasteiger partial charge in [0.25, 0.3) is 5.91 Å². The molecule has 1 saturated carbocycles. The number of hydrogen-bond donors (Lipinski definition) is 1. The molecule has 1 N–H and O–H groups in total. The van der Waals surface area contributed by atoms with Crippen molar-refractivity contribution in [2.24, 2.45) is 11.3 Å². The molecular weight excluding hydrogens is 256 g/mol. The predicted molar refractivity (Wildman–Crippen MR) is 72.2 cm³/mol. The van der Waals surface area contributed by atoms with E-state index in [9.17, 15) is 14.7 Å². The molecule has 0 unspecified atom stereocenters. The van der Waals surface area contributed by atoms with E-state index in [1.54, 1.807) is 24.5 Å². The summed E-state index contributed by atoms with van der Waals surface area (Å²) in [6, 6.07) is 3.43. The summed E-state index contributed by atoms with van der Waals surface area (Å²) >= 11 is 0. The Balaban J connectivity index is 1.62. The van der Waals surface area contributed by atoms with E-state index >= 15 is 0 Å². The Morgan fingerprint density at radius 2 is 1.80 bits per heavy atom. The van der Waals surface area contributed by atoms with Gasteiger partial charge in [-0.05, 0) is 43.7 Å². The molecule has 0 spiro atoms. The molecule has 2 aliphatic rings. The lowest BCUT2D eigenvalue weighted by molar-refractivity contribution is -0.146. The van der Waals surface area contributed by atoms with E-state index in [1.807, 2.05) is 4.90 Å². The van der Waals surface area contributed by atoms with Crippen LogP contribution in [0.4, 0.5) is 0 Å². The van der Waals surface area contributed by atoms with E-state index in [2.05, 4.69) is 4.98 Å². The molecule has 2 fully saturated rings. The molecular formula is C15H18N2O3. The van der Waals surface area contributed by atoms with Crippen molar-refractivity contribution in [2.75, 3.05) is 13.1 Å². The van der Waals surface area contributed by atoms with Gasteiger partial charge in [0.15, 0.2) is 0 Å². The van der Waals surface area contributed by atoms with Gasteiger partial charge in [-0.15, -0.1) is 0 Å². The molecule has 5 nitrogen and oxygen atoms in total. The third-order valence-corrected chi connectivity index (χ3v) is 4.71. The maximum absolute atomic E-state index is 12.3. The largest absolute Gasteiger partial charge is 0.481 e. The summed E-state index contributed by atoms with van der Waals surface area (Å²) in [5.74, 6) is -0.413. The first-order valence-corrected chi connectivity index (χ1v) is 7.06. The topological polar surface area (TPSA) is 70.5 Å². The molecule has 3 rings (SSSR count). The molecule has 1 amide bonds. The number of pyridine rings is 1. The second-order valence-corrected chi connectivity index (χ2v) is 5.76. The first-order valence-electron chi connectivity index (χ1n) is 7.06. The minimum atomic E-state index is -0.656. The van der Waals surface area contributed by atoms with Gasteiger partial charge in [0.1, 0.15) is 0 Å². The Morgan fingerprint density at radius 3 is 2.30 bits per heavy atom. The molecule has 0 atom stereocenters. The fourth-order valence-corrected chi connectivity index (χ4v) is 3.24. The highest BCUT2D eigenvalue weighted by atomic mass is 16.4. The Morgan fingerprint density at radius 1 is 1.20 bits per heavy atom. The standard InChI is InChI=1S/C15H18N2O3/c18-13(11-1-7-16-8-2-11)17-9-3-12(4-10-17)15(5-6-15)14(19)20/h1-2,7-8,12H,3-6,9-10H2,(H,19,20). The molecule has 2 heterocycles. The van der Waals surface area contributed by atoms with E-state index in [-0.39, 0.29) is 11.8 Å². The lowest BCUT2D eigenvalue weighted by Gasteiger charge is -2.34. The van der Waals surface area contributed by atoms with Gasteiger partial charge in [0, 0.05) is 31.0 Å². The number of carboxylic acid groups (broad SMARTS) is 1. The zero-order chi connectivity index (χ0) is 14.2. The SMILES string of the molecule is O=C(c1ccncc1)N1CCC(C2(C(=O)O)CC2)CC1. The predicted octanol–water partition coefficient (Wildman–Crippen LogP) is 1.80. The number of carbonyl (C=O) groups is 2. The van der Waals surface area contributed by atoms with Crippen LogP contribution in [-0.4, -0.2) is 40.0 Å². The highest BCUT2D eigenvalue weighted by Crippen LogP contribution is 2.55. The minimum absolute atomic E-state index is 0.0195. The number of hydrogen-bond acceptors (Lipinski definition) is 3. The summed E-state index contributed by atoms with van der Waals surface area (Å²) in [6.07, 6.45) is 6.41. The second-order valence-electron chi connectivity index (χ2n) is 5.76. The first kappa shape index (κ1) is 13.1. The van der Waals surface area contributed by atoms with Crippen molar-refractivity contribution in [3.05, 3.63) is 30.1 Å². The number of likely N-dealkylation sites (tertiary alicyclic amines) is 1. The van der Waals surface area contributed by atoms with Crippen LogP contribution in [0.2, 0.25) is 0 Å². The molecule has 0 bridgehead atoms. The van der Waals surface area contributed by atoms with Gasteiger partial charge in [0.05, 0.1) is 5.41 Å². The number of aliphatic carboxylic acids is 1. The molecule has 1 aliphatic carbocycles. The molecule has 1 aromatic rings. The molecule has 1 aromatic heterocycles. The Kier molecular flexibility index (Phi) is 3.20. The summed E-state index contributed by atoms with van der Waals surface area (Å²) < 4.78 is 0. The van der Waals surface area contributed by atoms with Crippen molar-refractivity contribution in [2.45, 2.75) is 25.7 Å². The lowest BCUT2D eigenvalue weighted by Crippen LogP contribution is -2.42. The van der Waals surface area contributed by atoms with Crippen molar-refractivity contribution in [1.29, 1.82) is 0 Å². The van der Waals surface area contributed by atoms with Crippen LogP contribution in [0, 0.1) is 11.3 Å². The number of carbonyl (C=O) groups excluding carboxylic acids is 1. The summed E-state index contributed by atoms with van der Waals surface area (Å²) in [5.41, 5.74) is 0.170. The summed E-state index contributed by atoms with van der Waals surface area (Å²) in [6.45, 7) is 1.31. The fraction of sp³-hybridized carbons (Fsp3) is 0.533. The van der Waals surface area contributed by atoms with Gasteiger partial charge in [0.2, 0.25) is 0 Å². The Bertz CT molecular complexity index is 517. The maximum atomic E-state index is 12.3. The third kappa shape index (κ3) is 2.17. The number of rotatable bonds is 3. The first-order chi connectivity index (χ1) is 9.63. The van der Waals surface area contributed by atoms with Crippen LogP contribution in [-0.2, 0) is 4.79 Å². The number of amides is 1. The number of aromatic nitrogens is 1. The van der Waals surface area contributed by atoms with Crippen LogP contribution < -0.4 is 0 Å². The minimum Gasteiger partial charge on any atom is -0.481 e. The zero-order valence-electron chi connectivity index (χ0n) is 11.3. The van der Waals surface area contributed by atoms with E-state index in [0.717, 1.165) is 25.7 Å². The van der Waals surface area contributed by atoms with Crippen LogP contribution in [0.1, 0.15) is 36.0 Å². The number of nitrogens with zero attached hydrogens (tertiary/aromatic N) is 2. The monoisotopic (exact) mass is 274 g/mol. The average Bonchev–Trinajstić information content (AvgIpc) is 3.29. The van der Waals surface area contributed by atoms with E-state index in [1.165, 1.54) is 0 Å². The average molecular weight is 274 g/mol. The van der Waals surface area contributed by atoms with Gasteiger partial charge in [-0.25, -0.2) is 0 Å². The van der Waals surface area contributed by atoms with E-state index in [0.29, 0.717) is 18.7 Å². The smallest absolute Gasteiger partial charge is 0.309 e. The second kappa shape index (κ2) is 4.89. The molecule has 1 saturated heterocycles. The summed E-state index contributed by atoms with van der Waals surface area (Å²) in [5, 5.41) is 9.32. The van der Waals surface area contributed by atoms with Crippen molar-refractivity contribution in [3.8, 4) is 0 Å². The summed E-state index contributed by atoms with van der Waals surface area (Å²) in [7, 11) is 0. The quantitative estimate of drug-likeness (QED) is 0.912. The molecule has 0 aromatic carbocycles. The molecule has 5 heteroatoms. The van der Waals surface area contributed by atoms with Gasteiger partial charge < -0.3 is 10.0 Å². The van der Waals surface area contributed by atoms with Crippen molar-refractivity contribution >= 4 is 11.9 Å². The highest BCUT2D eigenvalue weighted by Gasteiger charge is 2.56. The Hall–Kier alpha value is -1.91. The third-order valence-electron chi connectivity index (χ3n) is 4.71. The molecule has 0 radical (unpaired) electrons. The van der Waals surface area contributed by atoms with Crippen LogP contribution in [0.15, 0.2) is 24.5 Å². The lowest BCUT2D eigenvalue weighted by atomic mass is 9.81. The van der Waals surface area contributed by atoms with Crippen molar-refractivity contribution < 1.29 is 14.7 Å². The van der Waals surface area contributed by atoms with Gasteiger partial charge >= 0.3 is 5.97 Å². The normalized spacial score (nSPS) is 21.5. The van der Waals surface area contributed by atoms with Gasteiger partial charge in [-0.3, -0.25) is 14.6 Å². The number of piperidine rings is 1. The number of carboxylic acids is 1. The van der Waals surface area contributed by atoms with E-state index in [4.69, 9.17) is 0 Å². The highest BCUT2D eigenvalue weighted by molar-refractivity contribution is 5.94. The molecule has 20 heavy (non-hydrogen) atoms. The van der Waals surface area contributed by atoms with Crippen molar-refractivity contribution in [3.63, 3.8) is 0 Å². The molecule has 106 valence electrons. The van der Waals surface area contributed by atoms with Crippen LogP contribution in [0.25, 0.3) is 0 Å². The summed E-state index contributed by atoms with van der Waals surface area (Å²) in [4.78, 5) is 29.4. The van der Waals surface area contributed by atoms with Crippen LogP contribution >= 0.6 is 0 Å². The fourth-order valence-electron chi connectivity index (χ4n) is 3.24. The van der Waals surface area contributed by atoms with Gasteiger partial charge in [-0.2, -0.15) is 0 Å². The van der Waals surface area contributed by atoms with Crippen molar-refractivity contribution in [1.82, 2.24) is 9.88 Å². The molecule has 1 aliphatic heterocycles. The van der Waals surface area contributed by atoms with Crippen LogP contribution in [0.3, 0.4) is 0 Å². The maximum Gasteiger partial charge on any atom is 0.309 e. The van der Waals surface area contributed by atoms with E-state index < -0.39 is 11.4 Å². The van der Waals surface area contributed by atoms with Crippen LogP contribution in [0.5, 0.6) is 0 Å². The zero-order valence-corrected chi connectivity index (χ0v) is 11.3. The Labute approximate surface area is 117 Å². The van der Waals surface area contributed by atoms with Gasteiger partial charge in [-0.1, -0.05) is 0 Å².